The van der Waals surface area contributed by atoms with E-state index in [0.717, 1.165) is 23.9 Å². The normalized spacial score (nSPS) is 23.0. The molecule has 1 fully saturated rings. The van der Waals surface area contributed by atoms with Crippen LogP contribution in [0.1, 0.15) is 18.5 Å². The van der Waals surface area contributed by atoms with Crippen molar-refractivity contribution in [2.45, 2.75) is 25.8 Å². The summed E-state index contributed by atoms with van der Waals surface area (Å²) < 4.78 is 0. The van der Waals surface area contributed by atoms with E-state index in [2.05, 4.69) is 21.0 Å². The van der Waals surface area contributed by atoms with Gasteiger partial charge in [0.1, 0.15) is 0 Å². The van der Waals surface area contributed by atoms with Crippen LogP contribution >= 0.6 is 11.3 Å². The number of anilines is 1. The molecule has 0 amide bonds. The number of aryl methyl sites for hydroxylation is 1. The molecule has 0 spiro atoms. The van der Waals surface area contributed by atoms with Gasteiger partial charge in [-0.3, -0.25) is 0 Å². The summed E-state index contributed by atoms with van der Waals surface area (Å²) in [6.45, 7) is 4.26. The number of hydrogen-bond donors (Lipinski definition) is 2. The minimum Gasteiger partial charge on any atom is -0.358 e. The van der Waals surface area contributed by atoms with Crippen LogP contribution in [-0.4, -0.2) is 24.1 Å². The number of hydrogen-bond acceptors (Lipinski definition) is 4. The van der Waals surface area contributed by atoms with E-state index < -0.39 is 0 Å². The van der Waals surface area contributed by atoms with Gasteiger partial charge in [-0.05, 0) is 26.3 Å². The molecule has 2 heterocycles. The first-order chi connectivity index (χ1) is 6.34. The van der Waals surface area contributed by atoms with Crippen molar-refractivity contribution in [3.63, 3.8) is 0 Å². The Kier molecular flexibility index (Phi) is 2.80. The molecule has 13 heavy (non-hydrogen) atoms. The standard InChI is InChI=1S/C9H15N3S/c1-7-6-13-9(11-7)12-8-3-2-4-10-5-8/h6,8,10H,2-5H2,1H3,(H,11,12). The molecule has 1 aromatic heterocycles. The van der Waals surface area contributed by atoms with E-state index in [4.69, 9.17) is 0 Å². The number of thiazole rings is 1. The molecule has 1 unspecified atom stereocenters. The van der Waals surface area contributed by atoms with Gasteiger partial charge >= 0.3 is 0 Å². The minimum atomic E-state index is 0.569. The molecule has 1 atom stereocenters. The average Bonchev–Trinajstić information content (AvgIpc) is 2.53. The van der Waals surface area contributed by atoms with E-state index in [9.17, 15) is 0 Å². The predicted octanol–water partition coefficient (Wildman–Crippen LogP) is 1.62. The minimum absolute atomic E-state index is 0.569. The van der Waals surface area contributed by atoms with Crippen LogP contribution in [-0.2, 0) is 0 Å². The zero-order chi connectivity index (χ0) is 9.10. The van der Waals surface area contributed by atoms with Crippen molar-refractivity contribution in [3.05, 3.63) is 11.1 Å². The van der Waals surface area contributed by atoms with Crippen molar-refractivity contribution in [1.29, 1.82) is 0 Å². The molecular formula is C9H15N3S. The van der Waals surface area contributed by atoms with Crippen LogP contribution in [0.3, 0.4) is 0 Å². The molecule has 4 heteroatoms. The van der Waals surface area contributed by atoms with Crippen molar-refractivity contribution >= 4 is 16.5 Å². The third kappa shape index (κ3) is 2.42. The summed E-state index contributed by atoms with van der Waals surface area (Å²) in [6, 6.07) is 0.569. The summed E-state index contributed by atoms with van der Waals surface area (Å²) in [5.41, 5.74) is 1.11. The van der Waals surface area contributed by atoms with E-state index in [1.807, 2.05) is 6.92 Å². The molecule has 0 aromatic carbocycles. The zero-order valence-corrected chi connectivity index (χ0v) is 8.66. The molecular weight excluding hydrogens is 182 g/mol. The smallest absolute Gasteiger partial charge is 0.183 e. The Balaban J connectivity index is 1.89. The fraction of sp³-hybridized carbons (Fsp3) is 0.667. The van der Waals surface area contributed by atoms with E-state index in [0.29, 0.717) is 6.04 Å². The SMILES string of the molecule is Cc1csc(NC2CCCNC2)n1. The van der Waals surface area contributed by atoms with Gasteiger partial charge in [0.2, 0.25) is 0 Å². The number of piperidine rings is 1. The summed E-state index contributed by atoms with van der Waals surface area (Å²) in [7, 11) is 0. The molecule has 2 N–H and O–H groups in total. The number of aromatic nitrogens is 1. The van der Waals surface area contributed by atoms with Crippen LogP contribution in [0.15, 0.2) is 5.38 Å². The highest BCUT2D eigenvalue weighted by atomic mass is 32.1. The van der Waals surface area contributed by atoms with Crippen LogP contribution in [0.25, 0.3) is 0 Å². The molecule has 3 nitrogen and oxygen atoms in total. The average molecular weight is 197 g/mol. The van der Waals surface area contributed by atoms with E-state index in [1.165, 1.54) is 12.8 Å². The first-order valence-corrected chi connectivity index (χ1v) is 5.62. The summed E-state index contributed by atoms with van der Waals surface area (Å²) in [4.78, 5) is 4.38. The fourth-order valence-corrected chi connectivity index (χ4v) is 2.34. The van der Waals surface area contributed by atoms with Crippen LogP contribution in [0.2, 0.25) is 0 Å². The summed E-state index contributed by atoms with van der Waals surface area (Å²) >= 11 is 1.69. The van der Waals surface area contributed by atoms with Gasteiger partial charge in [0, 0.05) is 18.0 Å². The molecule has 72 valence electrons. The highest BCUT2D eigenvalue weighted by Gasteiger charge is 2.13. The Morgan fingerprint density at radius 2 is 2.62 bits per heavy atom. The van der Waals surface area contributed by atoms with Gasteiger partial charge in [0.05, 0.1) is 5.69 Å². The second-order valence-corrected chi connectivity index (χ2v) is 4.34. The van der Waals surface area contributed by atoms with Crippen LogP contribution in [0.4, 0.5) is 5.13 Å². The molecule has 1 aromatic rings. The maximum Gasteiger partial charge on any atom is 0.183 e. The topological polar surface area (TPSA) is 37.0 Å². The Morgan fingerprint density at radius 1 is 1.69 bits per heavy atom. The van der Waals surface area contributed by atoms with Gasteiger partial charge in [0.25, 0.3) is 0 Å². The predicted molar refractivity (Wildman–Crippen MR) is 56.4 cm³/mol. The van der Waals surface area contributed by atoms with Crippen molar-refractivity contribution < 1.29 is 0 Å². The van der Waals surface area contributed by atoms with E-state index >= 15 is 0 Å². The third-order valence-electron chi connectivity index (χ3n) is 2.24. The Morgan fingerprint density at radius 3 is 3.23 bits per heavy atom. The molecule has 1 aliphatic rings. The lowest BCUT2D eigenvalue weighted by molar-refractivity contribution is 0.479. The largest absolute Gasteiger partial charge is 0.358 e. The van der Waals surface area contributed by atoms with Crippen molar-refractivity contribution in [2.75, 3.05) is 18.4 Å². The molecule has 0 aliphatic carbocycles. The third-order valence-corrected chi connectivity index (χ3v) is 3.13. The Labute approximate surface area is 82.6 Å². The van der Waals surface area contributed by atoms with E-state index in [1.54, 1.807) is 11.3 Å². The van der Waals surface area contributed by atoms with Gasteiger partial charge in [-0.15, -0.1) is 11.3 Å². The zero-order valence-electron chi connectivity index (χ0n) is 7.84. The van der Waals surface area contributed by atoms with Gasteiger partial charge < -0.3 is 10.6 Å². The first-order valence-electron chi connectivity index (χ1n) is 4.74. The maximum atomic E-state index is 4.38. The van der Waals surface area contributed by atoms with Gasteiger partial charge in [-0.2, -0.15) is 0 Å². The van der Waals surface area contributed by atoms with E-state index in [-0.39, 0.29) is 0 Å². The van der Waals surface area contributed by atoms with Gasteiger partial charge in [0.15, 0.2) is 5.13 Å². The number of rotatable bonds is 2. The highest BCUT2D eigenvalue weighted by Crippen LogP contribution is 2.17. The van der Waals surface area contributed by atoms with Crippen molar-refractivity contribution in [2.24, 2.45) is 0 Å². The molecule has 2 rings (SSSR count). The maximum absolute atomic E-state index is 4.38. The number of nitrogens with one attached hydrogen (secondary N) is 2. The lowest BCUT2D eigenvalue weighted by atomic mass is 10.1. The van der Waals surface area contributed by atoms with Crippen LogP contribution in [0, 0.1) is 6.92 Å². The van der Waals surface area contributed by atoms with Crippen molar-refractivity contribution in [1.82, 2.24) is 10.3 Å². The molecule has 1 aliphatic heterocycles. The number of nitrogens with zero attached hydrogens (tertiary/aromatic N) is 1. The second kappa shape index (κ2) is 4.07. The lowest BCUT2D eigenvalue weighted by Crippen LogP contribution is -2.38. The molecule has 0 bridgehead atoms. The second-order valence-electron chi connectivity index (χ2n) is 3.48. The van der Waals surface area contributed by atoms with Crippen LogP contribution < -0.4 is 10.6 Å². The highest BCUT2D eigenvalue weighted by molar-refractivity contribution is 7.13. The molecule has 0 radical (unpaired) electrons. The summed E-state index contributed by atoms with van der Waals surface area (Å²) in [6.07, 6.45) is 2.52. The molecule has 0 saturated carbocycles. The monoisotopic (exact) mass is 197 g/mol. The quantitative estimate of drug-likeness (QED) is 0.756. The fourth-order valence-electron chi connectivity index (χ4n) is 1.57. The summed E-state index contributed by atoms with van der Waals surface area (Å²) in [5.74, 6) is 0. The summed E-state index contributed by atoms with van der Waals surface area (Å²) in [5, 5.41) is 9.97. The lowest BCUT2D eigenvalue weighted by Gasteiger charge is -2.23. The Bertz CT molecular complexity index is 266. The van der Waals surface area contributed by atoms with Crippen LogP contribution in [0.5, 0.6) is 0 Å². The molecule has 1 saturated heterocycles. The van der Waals surface area contributed by atoms with Gasteiger partial charge in [-0.25, -0.2) is 4.98 Å². The van der Waals surface area contributed by atoms with Crippen molar-refractivity contribution in [3.8, 4) is 0 Å². The Hall–Kier alpha value is -0.610. The van der Waals surface area contributed by atoms with Gasteiger partial charge in [-0.1, -0.05) is 0 Å². The first kappa shape index (κ1) is 8.97.